The van der Waals surface area contributed by atoms with Crippen LogP contribution < -0.4 is 21.7 Å². The standard InChI is InChI=1S/C27H32FN5O5.C16H15F3N2O.CH5N.CH4/c28-24-6-5-20(16-25(29)22-4-2-1-3-21(22)18-34)15-23(24)27(37)33-11-9-32(10-12-33)26(36)17-30-7-13-38-14-8-31-19-35;1-10-15(21-11(2)22)7-14(9-20-10)13-5-3-4-12(6-13)8-16(17,18)19;1-2;/h1-6,15,18-19,29-30H,7-14,16-17H2,(H,31,35);3-7,9H,8H2,1-2H3,(H,21,22);2H2,1H3;1H4. The number of pyridine rings is 1. The lowest BCUT2D eigenvalue weighted by molar-refractivity contribution is -0.131. The third kappa shape index (κ3) is 17.5. The van der Waals surface area contributed by atoms with Gasteiger partial charge in [0.25, 0.3) is 5.91 Å². The van der Waals surface area contributed by atoms with Crippen LogP contribution in [0.5, 0.6) is 0 Å². The highest BCUT2D eigenvalue weighted by Gasteiger charge is 2.28. The monoisotopic (exact) mass is 880 g/mol. The predicted octanol–water partition coefficient (Wildman–Crippen LogP) is 5.22. The summed E-state index contributed by atoms with van der Waals surface area (Å²) in [5.41, 5.74) is 8.75. The van der Waals surface area contributed by atoms with Crippen molar-refractivity contribution in [3.8, 4) is 11.1 Å². The van der Waals surface area contributed by atoms with Crippen molar-refractivity contribution in [3.63, 3.8) is 0 Å². The molecule has 0 bridgehead atoms. The highest BCUT2D eigenvalue weighted by Crippen LogP contribution is 2.27. The molecule has 3 aromatic carbocycles. The molecule has 1 aliphatic rings. The van der Waals surface area contributed by atoms with Gasteiger partial charge in [-0.3, -0.25) is 29.0 Å². The van der Waals surface area contributed by atoms with Crippen LogP contribution in [-0.2, 0) is 32.0 Å². The number of aryl methyl sites for hydroxylation is 1. The number of carbonyl (C=O) groups excluding carboxylic acids is 5. The van der Waals surface area contributed by atoms with E-state index >= 15 is 0 Å². The molecule has 0 radical (unpaired) electrons. The maximum Gasteiger partial charge on any atom is 0.393 e. The van der Waals surface area contributed by atoms with Gasteiger partial charge < -0.3 is 41.6 Å². The van der Waals surface area contributed by atoms with Gasteiger partial charge in [-0.1, -0.05) is 62.0 Å². The van der Waals surface area contributed by atoms with Gasteiger partial charge in [0.2, 0.25) is 18.2 Å². The van der Waals surface area contributed by atoms with Gasteiger partial charge in [0.05, 0.1) is 43.1 Å². The van der Waals surface area contributed by atoms with E-state index in [1.54, 1.807) is 60.5 Å². The van der Waals surface area contributed by atoms with Crippen LogP contribution in [0.4, 0.5) is 23.2 Å². The zero-order valence-electron chi connectivity index (χ0n) is 34.8. The number of anilines is 1. The zero-order valence-corrected chi connectivity index (χ0v) is 34.8. The molecule has 4 aromatic rings. The van der Waals surface area contributed by atoms with Crippen molar-refractivity contribution >= 4 is 41.8 Å². The quantitative estimate of drug-likeness (QED) is 0.0409. The molecule has 63 heavy (non-hydrogen) atoms. The van der Waals surface area contributed by atoms with Crippen molar-refractivity contribution in [2.45, 2.75) is 40.3 Å². The normalized spacial score (nSPS) is 12.0. The minimum absolute atomic E-state index is 0. The minimum atomic E-state index is -4.24. The summed E-state index contributed by atoms with van der Waals surface area (Å²) < 4.78 is 57.3. The second-order valence-electron chi connectivity index (χ2n) is 13.7. The molecule has 6 N–H and O–H groups in total. The molecule has 0 spiro atoms. The van der Waals surface area contributed by atoms with Crippen LogP contribution in [0.1, 0.15) is 57.5 Å². The molecule has 1 saturated heterocycles. The average Bonchev–Trinajstić information content (AvgIpc) is 3.26. The Morgan fingerprint density at radius 2 is 1.56 bits per heavy atom. The highest BCUT2D eigenvalue weighted by molar-refractivity contribution is 6.05. The molecule has 0 atom stereocenters. The number of hydrogen-bond acceptors (Lipinski definition) is 10. The average molecular weight is 881 g/mol. The highest BCUT2D eigenvalue weighted by atomic mass is 19.4. The number of piperazine rings is 1. The van der Waals surface area contributed by atoms with Crippen LogP contribution in [0.15, 0.2) is 79.0 Å². The number of amides is 4. The second-order valence-corrected chi connectivity index (χ2v) is 13.7. The Kier molecular flexibility index (Phi) is 22.5. The summed E-state index contributed by atoms with van der Waals surface area (Å²) >= 11 is 0. The van der Waals surface area contributed by atoms with Gasteiger partial charge in [-0.25, -0.2) is 4.39 Å². The van der Waals surface area contributed by atoms with Gasteiger partial charge in [0.1, 0.15) is 5.82 Å². The van der Waals surface area contributed by atoms with Crippen molar-refractivity contribution in [2.24, 2.45) is 5.73 Å². The summed E-state index contributed by atoms with van der Waals surface area (Å²) in [5, 5.41) is 16.5. The molecule has 1 aliphatic heterocycles. The number of carbonyl (C=O) groups is 5. The largest absolute Gasteiger partial charge is 0.393 e. The molecule has 1 fully saturated rings. The summed E-state index contributed by atoms with van der Waals surface area (Å²) in [6.07, 6.45) is -2.21. The molecule has 18 heteroatoms. The van der Waals surface area contributed by atoms with Gasteiger partial charge in [0, 0.05) is 81.2 Å². The molecule has 0 aliphatic carbocycles. The maximum absolute atomic E-state index is 14.6. The second kappa shape index (κ2) is 26.9. The number of halogens is 4. The van der Waals surface area contributed by atoms with E-state index in [1.165, 1.54) is 49.2 Å². The fraction of sp³-hybridized carbons (Fsp3) is 0.356. The summed E-state index contributed by atoms with van der Waals surface area (Å²) in [7, 11) is 1.50. The van der Waals surface area contributed by atoms with Crippen molar-refractivity contribution in [3.05, 3.63) is 118 Å². The van der Waals surface area contributed by atoms with Gasteiger partial charge in [-0.15, -0.1) is 0 Å². The van der Waals surface area contributed by atoms with E-state index in [9.17, 15) is 41.5 Å². The van der Waals surface area contributed by atoms with E-state index in [4.69, 9.17) is 10.1 Å². The number of nitrogens with one attached hydrogen (secondary N) is 4. The molecule has 5 rings (SSSR count). The van der Waals surface area contributed by atoms with Crippen LogP contribution >= 0.6 is 0 Å². The zero-order chi connectivity index (χ0) is 45.7. The fourth-order valence-electron chi connectivity index (χ4n) is 6.19. The maximum atomic E-state index is 14.6. The number of hydrogen-bond donors (Lipinski definition) is 5. The molecular weight excluding hydrogens is 825 g/mol. The number of ether oxygens (including phenoxy) is 1. The van der Waals surface area contributed by atoms with E-state index in [0.29, 0.717) is 91.3 Å². The summed E-state index contributed by atoms with van der Waals surface area (Å²) in [6.45, 7) is 6.23. The Morgan fingerprint density at radius 3 is 2.22 bits per heavy atom. The van der Waals surface area contributed by atoms with E-state index in [2.05, 4.69) is 26.7 Å². The fourth-order valence-corrected chi connectivity index (χ4v) is 6.19. The summed E-state index contributed by atoms with van der Waals surface area (Å²) in [5.74, 6) is -1.43. The van der Waals surface area contributed by atoms with Gasteiger partial charge in [-0.2, -0.15) is 13.2 Å². The third-order valence-corrected chi connectivity index (χ3v) is 9.21. The number of benzene rings is 3. The van der Waals surface area contributed by atoms with Crippen molar-refractivity contribution < 1.29 is 46.3 Å². The Labute approximate surface area is 365 Å². The number of alkyl halides is 3. The van der Waals surface area contributed by atoms with Gasteiger partial charge in [0.15, 0.2) is 6.29 Å². The molecule has 0 saturated carbocycles. The number of nitrogens with zero attached hydrogens (tertiary/aromatic N) is 3. The number of rotatable bonds is 17. The Balaban J connectivity index is 0.000000465. The number of aromatic nitrogens is 1. The summed E-state index contributed by atoms with van der Waals surface area (Å²) in [4.78, 5) is 65.5. The van der Waals surface area contributed by atoms with E-state index in [0.717, 1.165) is 0 Å². The topological polar surface area (TPSA) is 200 Å². The van der Waals surface area contributed by atoms with Crippen molar-refractivity contribution in [1.29, 1.82) is 5.41 Å². The van der Waals surface area contributed by atoms with Crippen LogP contribution in [0.2, 0.25) is 0 Å². The smallest absolute Gasteiger partial charge is 0.378 e. The van der Waals surface area contributed by atoms with Crippen LogP contribution in [0, 0.1) is 18.2 Å². The molecule has 0 unspecified atom stereocenters. The minimum Gasteiger partial charge on any atom is -0.378 e. The molecule has 2 heterocycles. The Morgan fingerprint density at radius 1 is 0.873 bits per heavy atom. The first-order valence-electron chi connectivity index (χ1n) is 19.6. The molecule has 14 nitrogen and oxygen atoms in total. The first-order valence-corrected chi connectivity index (χ1v) is 19.6. The third-order valence-electron chi connectivity index (χ3n) is 9.21. The van der Waals surface area contributed by atoms with E-state index in [1.807, 2.05) is 0 Å². The van der Waals surface area contributed by atoms with Gasteiger partial charge in [-0.05, 0) is 48.9 Å². The predicted molar refractivity (Wildman–Crippen MR) is 234 cm³/mol. The van der Waals surface area contributed by atoms with Gasteiger partial charge >= 0.3 is 6.18 Å². The van der Waals surface area contributed by atoms with E-state index in [-0.39, 0.29) is 62.1 Å². The molecule has 1 aromatic heterocycles. The number of aldehydes is 1. The SMILES string of the molecule is C.CC(=O)Nc1cc(-c2cccc(CC(F)(F)F)c2)cnc1C.CN.N=C(Cc1ccc(F)c(C(=O)N2CCN(C(=O)CNCCOCCNC=O)CC2)c1)c1ccccc1C=O. The first-order chi connectivity index (χ1) is 29.7. The lowest BCUT2D eigenvalue weighted by atomic mass is 9.97. The Hall–Kier alpha value is -6.37. The van der Waals surface area contributed by atoms with Crippen LogP contribution in [0.25, 0.3) is 11.1 Å². The number of nitrogens with two attached hydrogens (primary N) is 1. The molecule has 340 valence electrons. The van der Waals surface area contributed by atoms with Crippen molar-refractivity contribution in [2.75, 3.05) is 71.4 Å². The summed E-state index contributed by atoms with van der Waals surface area (Å²) in [6, 6.07) is 18.9. The van der Waals surface area contributed by atoms with Crippen molar-refractivity contribution in [1.82, 2.24) is 25.4 Å². The lowest BCUT2D eigenvalue weighted by Gasteiger charge is -2.35. The lowest BCUT2D eigenvalue weighted by Crippen LogP contribution is -2.52. The first kappa shape index (κ1) is 52.8. The van der Waals surface area contributed by atoms with Crippen LogP contribution in [0.3, 0.4) is 0 Å². The molecule has 4 amide bonds. The Bertz CT molecular complexity index is 2150. The van der Waals surface area contributed by atoms with E-state index < -0.39 is 24.3 Å². The van der Waals surface area contributed by atoms with Crippen LogP contribution in [-0.4, -0.2) is 123 Å². The molecular formula is C45H56F4N8O6.